The lowest BCUT2D eigenvalue weighted by Crippen LogP contribution is -2.54. The van der Waals surface area contributed by atoms with Crippen molar-refractivity contribution in [1.82, 2.24) is 39.0 Å². The summed E-state index contributed by atoms with van der Waals surface area (Å²) < 4.78 is 50.2. The van der Waals surface area contributed by atoms with Gasteiger partial charge in [-0.15, -0.1) is 0 Å². The van der Waals surface area contributed by atoms with Gasteiger partial charge in [-0.25, -0.2) is 9.97 Å². The van der Waals surface area contributed by atoms with E-state index in [1.54, 1.807) is 18.5 Å². The Morgan fingerprint density at radius 2 is 0.963 bits per heavy atom. The number of hydrogen-bond acceptors (Lipinski definition) is 18. The number of hydrogen-bond donors (Lipinski definition) is 5. The number of nitrogen functional groups attached to an aromatic ring is 2. The average Bonchev–Trinajstić information content (AvgIpc) is 3.23. The summed E-state index contributed by atoms with van der Waals surface area (Å²) in [5.41, 5.74) is 17.6. The second kappa shape index (κ2) is 28.7. The highest BCUT2D eigenvalue weighted by atomic mass is 35.5. The minimum absolute atomic E-state index is 0.0532. The number of fused-ring (bicyclic) bond motifs is 2. The molecule has 452 valence electrons. The normalized spacial score (nSPS) is 21.6. The molecule has 0 unspecified atom stereocenters. The lowest BCUT2D eigenvalue weighted by molar-refractivity contribution is -0.0511. The van der Waals surface area contributed by atoms with Crippen molar-refractivity contribution in [2.24, 2.45) is 0 Å². The van der Waals surface area contributed by atoms with Crippen LogP contribution < -0.4 is 20.9 Å². The molecule has 8 atom stereocenters. The van der Waals surface area contributed by atoms with E-state index in [4.69, 9.17) is 76.9 Å². The summed E-state index contributed by atoms with van der Waals surface area (Å²) in [5.74, 6) is 0.371. The standard InChI is InChI=1S/C39H68ClN5O5Si3.C18H20ClN5O5/c1-13-51(14-2,27(7)8)47-25-32-34(49-52(15-3,16-4)28(9)10)35(50-53(17-5,18-6)29(11)12)38(48-32)45-26-42-33-36(41)43-39(44-37(33)45)46-24-23-30-19-21-31(40)22-20-30;19-10-3-1-9(2-4-10)5-6-28-18-22-15(20)12-16(23-18)24(8-21-12)17-14(27)13(26)11(7-25)29-17/h19-22,26-29,32,34-35,38H,13-18,23-25H2,1-12H3,(H2,41,43,44);1-4,8,11,13-14,17,25-27H,5-7H2,(H2,20,22,23)/t32-,34-,35-,38-;11-,13-,14-,17-/m11/s1. The summed E-state index contributed by atoms with van der Waals surface area (Å²) in [6.45, 7) is 28.3. The first-order valence-electron chi connectivity index (χ1n) is 29.2. The van der Waals surface area contributed by atoms with Crippen molar-refractivity contribution < 1.29 is 47.5 Å². The van der Waals surface area contributed by atoms with Crippen molar-refractivity contribution in [3.8, 4) is 12.0 Å². The van der Waals surface area contributed by atoms with Crippen LogP contribution >= 0.6 is 23.2 Å². The van der Waals surface area contributed by atoms with Crippen LogP contribution in [0.2, 0.25) is 62.9 Å². The number of aromatic nitrogens is 8. The molecule has 2 fully saturated rings. The van der Waals surface area contributed by atoms with E-state index in [2.05, 4.69) is 103 Å². The predicted octanol–water partition coefficient (Wildman–Crippen LogP) is 10.8. The van der Waals surface area contributed by atoms with Gasteiger partial charge in [-0.05, 0) is 88.3 Å². The maximum atomic E-state index is 10.3. The highest BCUT2D eigenvalue weighted by Crippen LogP contribution is 2.45. The molecule has 2 aromatic carbocycles. The zero-order chi connectivity index (χ0) is 59.7. The molecular formula is C57H88Cl2N10O10Si3. The number of benzene rings is 2. The van der Waals surface area contributed by atoms with Gasteiger partial charge < -0.3 is 59.0 Å². The molecule has 0 saturated carbocycles. The summed E-state index contributed by atoms with van der Waals surface area (Å²) in [4.78, 5) is 26.7. The van der Waals surface area contributed by atoms with Gasteiger partial charge in [0, 0.05) is 22.9 Å². The highest BCUT2D eigenvalue weighted by Gasteiger charge is 2.55. The van der Waals surface area contributed by atoms with Gasteiger partial charge in [-0.1, -0.05) is 131 Å². The lowest BCUT2D eigenvalue weighted by Gasteiger charge is -2.43. The number of rotatable bonds is 27. The second-order valence-corrected chi connectivity index (χ2v) is 38.2. The molecule has 25 heteroatoms. The summed E-state index contributed by atoms with van der Waals surface area (Å²) in [6, 6.07) is 21.5. The fourth-order valence-electron chi connectivity index (χ4n) is 11.6. The first-order valence-corrected chi connectivity index (χ1v) is 37.1. The van der Waals surface area contributed by atoms with Crippen LogP contribution in [0.1, 0.15) is 107 Å². The number of halogens is 2. The number of aliphatic hydroxyl groups is 3. The molecule has 20 nitrogen and oxygen atoms in total. The van der Waals surface area contributed by atoms with E-state index in [0.717, 1.165) is 47.4 Å². The van der Waals surface area contributed by atoms with E-state index in [1.165, 1.54) is 10.9 Å². The molecule has 7 N–H and O–H groups in total. The molecule has 4 aromatic heterocycles. The van der Waals surface area contributed by atoms with E-state index in [9.17, 15) is 15.3 Å². The zero-order valence-corrected chi connectivity index (χ0v) is 54.3. The topological polar surface area (TPSA) is 265 Å². The summed E-state index contributed by atoms with van der Waals surface area (Å²) >= 11 is 12.0. The third-order valence-corrected chi connectivity index (χ3v) is 33.5. The quantitative estimate of drug-likeness (QED) is 0.0300. The molecule has 2 saturated heterocycles. The second-order valence-electron chi connectivity index (χ2n) is 22.4. The van der Waals surface area contributed by atoms with Gasteiger partial charge >= 0.3 is 12.0 Å². The summed E-state index contributed by atoms with van der Waals surface area (Å²) in [5, 5.41) is 30.9. The number of nitrogens with zero attached hydrogens (tertiary/aromatic N) is 8. The average molecular weight is 1230 g/mol. The number of nitrogens with two attached hydrogens (primary N) is 2. The molecule has 8 rings (SSSR count). The van der Waals surface area contributed by atoms with Crippen molar-refractivity contribution in [1.29, 1.82) is 0 Å². The third kappa shape index (κ3) is 14.3. The largest absolute Gasteiger partial charge is 0.463 e. The van der Waals surface area contributed by atoms with Crippen LogP contribution in [0.4, 0.5) is 11.6 Å². The SMILES string of the molecule is CC[Si](CC)(OC[C@H]1O[C@@H](n2cnc3c(N)nc(OCCc4ccc(Cl)cc4)nc32)[C@H](O[Si](CC)(CC)C(C)C)[C@@H]1O[Si](CC)(CC)C(C)C)C(C)C.Nc1nc(OCCc2ccc(Cl)cc2)nc2c1ncn2[C@@H]1O[C@H](CO)[C@@H](O)[C@H]1O. The van der Waals surface area contributed by atoms with E-state index < -0.39 is 68.4 Å². The Kier molecular flexibility index (Phi) is 22.8. The van der Waals surface area contributed by atoms with Crippen LogP contribution in [0, 0.1) is 0 Å². The molecule has 82 heavy (non-hydrogen) atoms. The number of anilines is 2. The van der Waals surface area contributed by atoms with Gasteiger partial charge in [0.15, 0.2) is 71.4 Å². The fourth-order valence-corrected chi connectivity index (χ4v) is 22.3. The van der Waals surface area contributed by atoms with Gasteiger partial charge in [0.1, 0.15) is 36.6 Å². The Labute approximate surface area is 496 Å². The first kappa shape index (κ1) is 65.2. The minimum Gasteiger partial charge on any atom is -0.463 e. The number of aliphatic hydroxyl groups excluding tert-OH is 3. The Hall–Kier alpha value is -4.35. The molecule has 0 bridgehead atoms. The van der Waals surface area contributed by atoms with Crippen LogP contribution in [-0.2, 0) is 35.6 Å². The summed E-state index contributed by atoms with van der Waals surface area (Å²) in [6.07, 6.45) is -1.59. The Morgan fingerprint density at radius 1 is 0.561 bits per heavy atom. The van der Waals surface area contributed by atoms with Crippen LogP contribution in [-0.4, -0.2) is 142 Å². The monoisotopic (exact) mass is 1230 g/mol. The molecule has 6 aromatic rings. The molecule has 0 radical (unpaired) electrons. The molecule has 2 aliphatic rings. The Morgan fingerprint density at radius 3 is 1.35 bits per heavy atom. The van der Waals surface area contributed by atoms with Gasteiger partial charge in [0.2, 0.25) is 0 Å². The van der Waals surface area contributed by atoms with Gasteiger partial charge in [0.05, 0.1) is 39.1 Å². The molecule has 2 aliphatic heterocycles. The van der Waals surface area contributed by atoms with Crippen LogP contribution in [0.5, 0.6) is 12.0 Å². The Balaban J connectivity index is 0.000000279. The van der Waals surface area contributed by atoms with E-state index in [0.29, 0.717) is 76.0 Å². The summed E-state index contributed by atoms with van der Waals surface area (Å²) in [7, 11) is -6.53. The minimum atomic E-state index is -2.27. The van der Waals surface area contributed by atoms with Gasteiger partial charge in [-0.2, -0.15) is 19.9 Å². The lowest BCUT2D eigenvalue weighted by atomic mass is 10.1. The van der Waals surface area contributed by atoms with Crippen LogP contribution in [0.25, 0.3) is 22.3 Å². The third-order valence-electron chi connectivity index (χ3n) is 17.3. The Bertz CT molecular complexity index is 2970. The molecule has 6 heterocycles. The maximum Gasteiger partial charge on any atom is 0.320 e. The van der Waals surface area contributed by atoms with E-state index in [-0.39, 0.29) is 41.5 Å². The van der Waals surface area contributed by atoms with Crippen LogP contribution in [0.15, 0.2) is 61.2 Å². The smallest absolute Gasteiger partial charge is 0.320 e. The first-order chi connectivity index (χ1) is 39.2. The fraction of sp³-hybridized carbons (Fsp3) is 0.614. The van der Waals surface area contributed by atoms with Crippen molar-refractivity contribution in [3.63, 3.8) is 0 Å². The van der Waals surface area contributed by atoms with Crippen molar-refractivity contribution in [3.05, 3.63) is 82.4 Å². The van der Waals surface area contributed by atoms with E-state index >= 15 is 0 Å². The number of imidazole rings is 2. The molecule has 0 spiro atoms. The molecule has 0 aliphatic carbocycles. The van der Waals surface area contributed by atoms with Crippen molar-refractivity contribution in [2.45, 2.75) is 198 Å². The van der Waals surface area contributed by atoms with Gasteiger partial charge in [-0.3, -0.25) is 9.13 Å². The van der Waals surface area contributed by atoms with Gasteiger partial charge in [0.25, 0.3) is 0 Å². The number of ether oxygens (including phenoxy) is 4. The van der Waals surface area contributed by atoms with Crippen molar-refractivity contribution >= 4 is 82.1 Å². The predicted molar refractivity (Wildman–Crippen MR) is 329 cm³/mol. The zero-order valence-electron chi connectivity index (χ0n) is 49.8. The van der Waals surface area contributed by atoms with E-state index in [1.807, 2.05) is 41.0 Å². The maximum absolute atomic E-state index is 10.3. The molecule has 0 amide bonds. The molecular weight excluding hydrogens is 1140 g/mol. The van der Waals surface area contributed by atoms with Crippen molar-refractivity contribution in [2.75, 3.05) is 37.9 Å². The van der Waals surface area contributed by atoms with Crippen LogP contribution in [0.3, 0.4) is 0 Å². The highest BCUT2D eigenvalue weighted by molar-refractivity contribution is 6.76.